The van der Waals surface area contributed by atoms with Crippen molar-refractivity contribution in [3.63, 3.8) is 0 Å². The van der Waals surface area contributed by atoms with Crippen LogP contribution in [0, 0.1) is 5.82 Å². The van der Waals surface area contributed by atoms with E-state index in [1.165, 1.54) is 0 Å². The van der Waals surface area contributed by atoms with Crippen LogP contribution in [0.2, 0.25) is 0 Å². The zero-order chi connectivity index (χ0) is 34.1. The molecular formula is C38H44F2N6O3. The maximum atomic E-state index is 17.0. The Hall–Kier alpha value is -4.12. The minimum absolute atomic E-state index is 0.0659. The van der Waals surface area contributed by atoms with Crippen LogP contribution in [-0.4, -0.2) is 93.0 Å². The van der Waals surface area contributed by atoms with Crippen LogP contribution < -0.4 is 9.64 Å². The maximum Gasteiger partial charge on any atom is 0.410 e. The summed E-state index contributed by atoms with van der Waals surface area (Å²) in [5.41, 5.74) is 1.18. The molecule has 0 saturated carbocycles. The second-order valence-corrected chi connectivity index (χ2v) is 15.2. The van der Waals surface area contributed by atoms with Crippen LogP contribution in [0.15, 0.2) is 42.6 Å². The standard InChI is InChI=1S/C38H44F2N6O3/c1-5-23-9-6-10-24-11-7-12-28(30(23)24)32-31(40)33-29(18-41-32)34(43-35(42-33)48-22-38-15-8-16-45(38)19-25(39)17-38)44-20-26-13-14-27(21-44)46(26)36(47)49-37(2,3)4/h6-7,9-12,18,25-27H,5,8,13-17,19-22H2,1-4H3/t25-,26-,27+,38+/m1/s1. The van der Waals surface area contributed by atoms with Gasteiger partial charge in [-0.25, -0.2) is 13.6 Å². The van der Waals surface area contributed by atoms with E-state index in [0.717, 1.165) is 55.0 Å². The quantitative estimate of drug-likeness (QED) is 0.215. The van der Waals surface area contributed by atoms with Crippen molar-refractivity contribution in [3.05, 3.63) is 54.0 Å². The number of halogens is 2. The smallest absolute Gasteiger partial charge is 0.410 e. The number of alkyl halides is 1. The lowest BCUT2D eigenvalue weighted by atomic mass is 9.95. The van der Waals surface area contributed by atoms with Gasteiger partial charge in [-0.3, -0.25) is 14.8 Å². The first-order valence-corrected chi connectivity index (χ1v) is 17.7. The predicted molar refractivity (Wildman–Crippen MR) is 185 cm³/mol. The summed E-state index contributed by atoms with van der Waals surface area (Å²) in [6.45, 7) is 10.2. The largest absolute Gasteiger partial charge is 0.461 e. The van der Waals surface area contributed by atoms with Crippen LogP contribution in [0.5, 0.6) is 6.01 Å². The van der Waals surface area contributed by atoms with Crippen molar-refractivity contribution >= 4 is 33.6 Å². The number of carbonyl (C=O) groups is 1. The molecule has 4 saturated heterocycles. The summed E-state index contributed by atoms with van der Waals surface area (Å²) in [7, 11) is 0. The molecule has 4 aliphatic rings. The Morgan fingerprint density at radius 3 is 2.55 bits per heavy atom. The van der Waals surface area contributed by atoms with Gasteiger partial charge in [-0.15, -0.1) is 0 Å². The number of aromatic nitrogens is 3. The number of aryl methyl sites for hydroxylation is 1. The molecule has 2 aromatic carbocycles. The highest BCUT2D eigenvalue weighted by atomic mass is 19.1. The number of hydrogen-bond acceptors (Lipinski definition) is 8. The van der Waals surface area contributed by atoms with Crippen molar-refractivity contribution in [2.24, 2.45) is 0 Å². The van der Waals surface area contributed by atoms with Gasteiger partial charge >= 0.3 is 12.1 Å². The maximum absolute atomic E-state index is 17.0. The van der Waals surface area contributed by atoms with Crippen LogP contribution in [0.3, 0.4) is 0 Å². The number of ether oxygens (including phenoxy) is 2. The molecule has 0 spiro atoms. The number of benzene rings is 2. The van der Waals surface area contributed by atoms with E-state index in [9.17, 15) is 9.18 Å². The number of pyridine rings is 1. The number of carbonyl (C=O) groups excluding carboxylic acids is 1. The molecule has 258 valence electrons. The highest BCUT2D eigenvalue weighted by Gasteiger charge is 2.50. The lowest BCUT2D eigenvalue weighted by Crippen LogP contribution is -2.57. The van der Waals surface area contributed by atoms with Gasteiger partial charge in [0.15, 0.2) is 5.82 Å². The molecule has 4 aromatic rings. The summed E-state index contributed by atoms with van der Waals surface area (Å²) >= 11 is 0. The van der Waals surface area contributed by atoms with E-state index in [1.807, 2.05) is 56.0 Å². The predicted octanol–water partition coefficient (Wildman–Crippen LogP) is 7.09. The monoisotopic (exact) mass is 670 g/mol. The van der Waals surface area contributed by atoms with Crippen LogP contribution in [0.4, 0.5) is 19.4 Å². The van der Waals surface area contributed by atoms with Crippen molar-refractivity contribution in [2.75, 3.05) is 37.7 Å². The van der Waals surface area contributed by atoms with E-state index in [1.54, 1.807) is 6.20 Å². The van der Waals surface area contributed by atoms with E-state index in [2.05, 4.69) is 22.8 Å². The first-order valence-electron chi connectivity index (χ1n) is 17.7. The molecule has 0 aliphatic carbocycles. The Bertz CT molecular complexity index is 1910. The second-order valence-electron chi connectivity index (χ2n) is 15.2. The van der Waals surface area contributed by atoms with E-state index >= 15 is 4.39 Å². The van der Waals surface area contributed by atoms with Crippen molar-refractivity contribution in [1.29, 1.82) is 0 Å². The summed E-state index contributed by atoms with van der Waals surface area (Å²) in [5.74, 6) is -0.00784. The summed E-state index contributed by atoms with van der Waals surface area (Å²) in [5, 5.41) is 2.48. The van der Waals surface area contributed by atoms with Gasteiger partial charge < -0.3 is 14.4 Å². The van der Waals surface area contributed by atoms with Crippen LogP contribution >= 0.6 is 0 Å². The molecule has 9 nitrogen and oxygen atoms in total. The zero-order valence-corrected chi connectivity index (χ0v) is 28.7. The molecule has 0 radical (unpaired) electrons. The highest BCUT2D eigenvalue weighted by Crippen LogP contribution is 2.42. The Morgan fingerprint density at radius 1 is 1.06 bits per heavy atom. The Kier molecular flexibility index (Phi) is 7.89. The fourth-order valence-electron chi connectivity index (χ4n) is 8.76. The Balaban J connectivity index is 1.20. The molecule has 6 heterocycles. The van der Waals surface area contributed by atoms with E-state index in [0.29, 0.717) is 42.8 Å². The number of hydrogen-bond donors (Lipinski definition) is 0. The summed E-state index contributed by atoms with van der Waals surface area (Å²) in [6, 6.07) is 11.9. The summed E-state index contributed by atoms with van der Waals surface area (Å²) < 4.78 is 43.7. The first-order chi connectivity index (χ1) is 23.5. The number of fused-ring (bicyclic) bond motifs is 5. The van der Waals surface area contributed by atoms with E-state index < -0.39 is 23.1 Å². The van der Waals surface area contributed by atoms with Gasteiger partial charge in [0.25, 0.3) is 0 Å². The molecule has 4 atom stereocenters. The topological polar surface area (TPSA) is 83.9 Å². The normalized spacial score (nSPS) is 25.4. The number of amides is 1. The van der Waals surface area contributed by atoms with Gasteiger partial charge in [0.2, 0.25) is 0 Å². The minimum Gasteiger partial charge on any atom is -0.461 e. The van der Waals surface area contributed by atoms with Gasteiger partial charge in [0.1, 0.15) is 35.4 Å². The van der Waals surface area contributed by atoms with E-state index in [4.69, 9.17) is 24.4 Å². The molecule has 49 heavy (non-hydrogen) atoms. The third-order valence-corrected chi connectivity index (χ3v) is 10.9. The van der Waals surface area contributed by atoms with E-state index in [-0.39, 0.29) is 42.0 Å². The molecule has 4 aliphatic heterocycles. The SMILES string of the molecule is CCc1cccc2cccc(-c3ncc4c(N5C[C@H]6CC[C@@H](C5)N6C(=O)OC(C)(C)C)nc(OC[C@@]56CCCN5C[C@H](F)C6)nc4c3F)c12. The number of nitrogens with zero attached hydrogens (tertiary/aromatic N) is 6. The van der Waals surface area contributed by atoms with Crippen LogP contribution in [0.1, 0.15) is 65.4 Å². The molecule has 0 N–H and O–H groups in total. The fourth-order valence-corrected chi connectivity index (χ4v) is 8.76. The van der Waals surface area contributed by atoms with Crippen molar-refractivity contribution in [2.45, 2.75) is 95.6 Å². The van der Waals surface area contributed by atoms with Gasteiger partial charge in [-0.2, -0.15) is 9.97 Å². The van der Waals surface area contributed by atoms with Crippen molar-refractivity contribution < 1.29 is 23.0 Å². The molecule has 2 bridgehead atoms. The van der Waals surface area contributed by atoms with Gasteiger partial charge in [-0.05, 0) is 75.8 Å². The number of piperazine rings is 1. The molecule has 0 unspecified atom stereocenters. The summed E-state index contributed by atoms with van der Waals surface area (Å²) in [4.78, 5) is 33.7. The van der Waals surface area contributed by atoms with Crippen molar-refractivity contribution in [3.8, 4) is 17.3 Å². The van der Waals surface area contributed by atoms with Crippen LogP contribution in [-0.2, 0) is 11.2 Å². The Labute approximate surface area is 285 Å². The molecular weight excluding hydrogens is 626 g/mol. The molecule has 8 rings (SSSR count). The molecule has 4 fully saturated rings. The lowest BCUT2D eigenvalue weighted by Gasteiger charge is -2.42. The lowest BCUT2D eigenvalue weighted by molar-refractivity contribution is 0.0122. The average Bonchev–Trinajstić information content (AvgIpc) is 3.69. The molecule has 1 amide bonds. The number of anilines is 1. The Morgan fingerprint density at radius 2 is 1.82 bits per heavy atom. The summed E-state index contributed by atoms with van der Waals surface area (Å²) in [6.07, 6.45) is 5.18. The van der Waals surface area contributed by atoms with Gasteiger partial charge in [-0.1, -0.05) is 43.3 Å². The fraction of sp³-hybridized carbons (Fsp3) is 0.526. The first kappa shape index (κ1) is 32.1. The number of rotatable bonds is 6. The minimum atomic E-state index is -0.895. The van der Waals surface area contributed by atoms with Gasteiger partial charge in [0.05, 0.1) is 23.0 Å². The zero-order valence-electron chi connectivity index (χ0n) is 28.7. The molecule has 2 aromatic heterocycles. The second kappa shape index (κ2) is 12.0. The van der Waals surface area contributed by atoms with Gasteiger partial charge in [0, 0.05) is 37.8 Å². The molecule has 11 heteroatoms. The third-order valence-electron chi connectivity index (χ3n) is 10.9. The van der Waals surface area contributed by atoms with Crippen LogP contribution in [0.25, 0.3) is 32.9 Å². The highest BCUT2D eigenvalue weighted by molar-refractivity contribution is 6.00. The third kappa shape index (κ3) is 5.63. The van der Waals surface area contributed by atoms with Crippen molar-refractivity contribution in [1.82, 2.24) is 24.8 Å². The average molecular weight is 671 g/mol.